The summed E-state index contributed by atoms with van der Waals surface area (Å²) in [5.41, 5.74) is 7.25. The highest BCUT2D eigenvalue weighted by Crippen LogP contribution is 2.45. The summed E-state index contributed by atoms with van der Waals surface area (Å²) < 4.78 is 18.0. The minimum Gasteiger partial charge on any atom is -0.444 e. The zero-order chi connectivity index (χ0) is 21.0. The van der Waals surface area contributed by atoms with Crippen LogP contribution in [0.1, 0.15) is 61.3 Å². The van der Waals surface area contributed by atoms with Crippen molar-refractivity contribution in [2.75, 3.05) is 0 Å². The van der Waals surface area contributed by atoms with Crippen molar-refractivity contribution in [1.82, 2.24) is 4.90 Å². The van der Waals surface area contributed by atoms with E-state index in [4.69, 9.17) is 19.9 Å². The van der Waals surface area contributed by atoms with Crippen molar-refractivity contribution < 1.29 is 23.8 Å². The normalized spacial score (nSPS) is 32.5. The number of ketones is 1. The molecule has 0 spiro atoms. The van der Waals surface area contributed by atoms with Crippen molar-refractivity contribution in [2.45, 2.75) is 97.0 Å². The fourth-order valence-electron chi connectivity index (χ4n) is 4.27. The van der Waals surface area contributed by atoms with Gasteiger partial charge in [0.05, 0.1) is 18.5 Å². The van der Waals surface area contributed by atoms with Gasteiger partial charge in [-0.1, -0.05) is 6.92 Å². The van der Waals surface area contributed by atoms with Gasteiger partial charge in [-0.3, -0.25) is 9.69 Å². The lowest BCUT2D eigenvalue weighted by atomic mass is 9.89. The molecule has 28 heavy (non-hydrogen) atoms. The van der Waals surface area contributed by atoms with Crippen LogP contribution in [0.2, 0.25) is 0 Å². The van der Waals surface area contributed by atoms with Crippen molar-refractivity contribution in [3.05, 3.63) is 22.9 Å². The van der Waals surface area contributed by atoms with E-state index in [-0.39, 0.29) is 24.3 Å². The third-order valence-electron chi connectivity index (χ3n) is 5.40. The maximum absolute atomic E-state index is 13.1. The number of hydrogen-bond donors (Lipinski definition) is 1. The van der Waals surface area contributed by atoms with E-state index in [9.17, 15) is 9.59 Å². The molecule has 0 aromatic heterocycles. The lowest BCUT2D eigenvalue weighted by molar-refractivity contribution is -0.165. The minimum absolute atomic E-state index is 0.0922. The Balaban J connectivity index is 2.07. The van der Waals surface area contributed by atoms with Gasteiger partial charge in [0, 0.05) is 11.3 Å². The van der Waals surface area contributed by atoms with Crippen LogP contribution in [-0.4, -0.2) is 52.5 Å². The highest BCUT2D eigenvalue weighted by molar-refractivity contribution is 6.00. The molecule has 2 N–H and O–H groups in total. The summed E-state index contributed by atoms with van der Waals surface area (Å²) in [4.78, 5) is 27.7. The smallest absolute Gasteiger partial charge is 0.411 e. The molecule has 2 heterocycles. The highest BCUT2D eigenvalue weighted by Gasteiger charge is 2.60. The molecule has 0 radical (unpaired) electrons. The predicted octanol–water partition coefficient (Wildman–Crippen LogP) is 3.04. The number of likely N-dealkylation sites (tertiary alicyclic amines) is 1. The molecule has 0 aromatic rings. The second-order valence-electron chi connectivity index (χ2n) is 9.28. The lowest BCUT2D eigenvalue weighted by Crippen LogP contribution is -2.50. The Bertz CT molecular complexity index is 746. The van der Waals surface area contributed by atoms with E-state index in [1.54, 1.807) is 11.0 Å². The Morgan fingerprint density at radius 2 is 1.93 bits per heavy atom. The number of allylic oxidation sites excluding steroid dienone is 3. The molecule has 2 fully saturated rings. The van der Waals surface area contributed by atoms with Crippen LogP contribution in [-0.2, 0) is 19.0 Å². The average molecular weight is 392 g/mol. The van der Waals surface area contributed by atoms with Crippen LogP contribution in [0.25, 0.3) is 0 Å². The molecular formula is C21H32N2O5. The molecule has 0 aromatic carbocycles. The molecule has 7 nitrogen and oxygen atoms in total. The first kappa shape index (κ1) is 20.9. The van der Waals surface area contributed by atoms with Crippen LogP contribution >= 0.6 is 0 Å². The van der Waals surface area contributed by atoms with E-state index in [0.29, 0.717) is 17.7 Å². The summed E-state index contributed by atoms with van der Waals surface area (Å²) in [6.07, 6.45) is 1.37. The third kappa shape index (κ3) is 3.70. The molecule has 2 aliphatic heterocycles. The van der Waals surface area contributed by atoms with E-state index >= 15 is 0 Å². The van der Waals surface area contributed by atoms with E-state index in [1.807, 2.05) is 48.5 Å². The van der Waals surface area contributed by atoms with Crippen molar-refractivity contribution >= 4 is 11.9 Å². The Morgan fingerprint density at radius 3 is 2.50 bits per heavy atom. The number of carbonyl (C=O) groups excluding carboxylic acids is 2. The maximum Gasteiger partial charge on any atom is 0.411 e. The Labute approximate surface area is 166 Å². The zero-order valence-electron chi connectivity index (χ0n) is 17.9. The van der Waals surface area contributed by atoms with Crippen LogP contribution in [0.4, 0.5) is 4.79 Å². The second kappa shape index (κ2) is 6.88. The lowest BCUT2D eigenvalue weighted by Gasteiger charge is -2.36. The number of nitrogens with zero attached hydrogens (tertiary/aromatic N) is 1. The van der Waals surface area contributed by atoms with Crippen molar-refractivity contribution in [3.8, 4) is 0 Å². The van der Waals surface area contributed by atoms with Gasteiger partial charge in [0.1, 0.15) is 17.8 Å². The quantitative estimate of drug-likeness (QED) is 0.777. The first-order valence-corrected chi connectivity index (χ1v) is 9.91. The van der Waals surface area contributed by atoms with Gasteiger partial charge in [-0.05, 0) is 59.6 Å². The molecule has 2 saturated heterocycles. The number of fused-ring (bicyclic) bond motifs is 1. The summed E-state index contributed by atoms with van der Waals surface area (Å²) in [6, 6.07) is -0.814. The number of carbonyl (C=O) groups is 2. The van der Waals surface area contributed by atoms with Gasteiger partial charge in [0.2, 0.25) is 0 Å². The van der Waals surface area contributed by atoms with E-state index < -0.39 is 29.6 Å². The highest BCUT2D eigenvalue weighted by atomic mass is 16.8. The molecule has 0 saturated carbocycles. The van der Waals surface area contributed by atoms with Gasteiger partial charge in [0.15, 0.2) is 11.6 Å². The Hall–Kier alpha value is -1.86. The van der Waals surface area contributed by atoms with Gasteiger partial charge in [-0.25, -0.2) is 4.79 Å². The number of hydrogen-bond acceptors (Lipinski definition) is 6. The summed E-state index contributed by atoms with van der Waals surface area (Å²) in [6.45, 7) is 13.1. The first-order chi connectivity index (χ1) is 12.8. The molecule has 1 unspecified atom stereocenters. The van der Waals surface area contributed by atoms with Crippen molar-refractivity contribution in [3.63, 3.8) is 0 Å². The zero-order valence-corrected chi connectivity index (χ0v) is 17.9. The Kier molecular flexibility index (Phi) is 5.13. The summed E-state index contributed by atoms with van der Waals surface area (Å²) in [7, 11) is 0. The van der Waals surface area contributed by atoms with Crippen LogP contribution < -0.4 is 5.73 Å². The summed E-state index contributed by atoms with van der Waals surface area (Å²) >= 11 is 0. The summed E-state index contributed by atoms with van der Waals surface area (Å²) in [5, 5.41) is 0. The molecule has 3 rings (SSSR count). The van der Waals surface area contributed by atoms with E-state index in [0.717, 1.165) is 5.57 Å². The van der Waals surface area contributed by atoms with Gasteiger partial charge in [-0.2, -0.15) is 0 Å². The van der Waals surface area contributed by atoms with Crippen LogP contribution in [0, 0.1) is 0 Å². The molecule has 3 aliphatic rings. The van der Waals surface area contributed by atoms with Gasteiger partial charge < -0.3 is 19.9 Å². The second-order valence-corrected chi connectivity index (χ2v) is 9.28. The van der Waals surface area contributed by atoms with Gasteiger partial charge in [0.25, 0.3) is 0 Å². The van der Waals surface area contributed by atoms with E-state index in [2.05, 4.69) is 0 Å². The standard InChI is InChI=1S/C21H32N2O5/c1-8-14-17-18(27-21(6,7)26-17)16(23(14)19(25)28-20(3,4)5)12-9-11(2)13(22)10-15(12)24/h9,14,16-18H,8,10,22H2,1-7H3/t14-,16?,17-,18+/m1/s1. The monoisotopic (exact) mass is 392 g/mol. The van der Waals surface area contributed by atoms with Gasteiger partial charge in [-0.15, -0.1) is 0 Å². The summed E-state index contributed by atoms with van der Waals surface area (Å²) in [5.74, 6) is -0.867. The van der Waals surface area contributed by atoms with Crippen molar-refractivity contribution in [2.24, 2.45) is 5.73 Å². The minimum atomic E-state index is -0.775. The number of ether oxygens (including phenoxy) is 3. The van der Waals surface area contributed by atoms with Crippen LogP contribution in [0.15, 0.2) is 22.9 Å². The van der Waals surface area contributed by atoms with Crippen LogP contribution in [0.5, 0.6) is 0 Å². The molecule has 4 atom stereocenters. The fourth-order valence-corrected chi connectivity index (χ4v) is 4.27. The molecule has 1 aliphatic carbocycles. The molecule has 1 amide bonds. The number of Topliss-reactive ketones (excluding diaryl/α,β-unsaturated/α-hetero) is 1. The predicted molar refractivity (Wildman–Crippen MR) is 104 cm³/mol. The molecule has 7 heteroatoms. The fraction of sp³-hybridized carbons (Fsp3) is 0.714. The molecule has 156 valence electrons. The number of nitrogens with two attached hydrogens (primary N) is 1. The maximum atomic E-state index is 13.1. The molecular weight excluding hydrogens is 360 g/mol. The van der Waals surface area contributed by atoms with Crippen LogP contribution in [0.3, 0.4) is 0 Å². The van der Waals surface area contributed by atoms with E-state index in [1.165, 1.54) is 0 Å². The number of amides is 1. The third-order valence-corrected chi connectivity index (χ3v) is 5.40. The van der Waals surface area contributed by atoms with Gasteiger partial charge >= 0.3 is 6.09 Å². The largest absolute Gasteiger partial charge is 0.444 e. The topological polar surface area (TPSA) is 91.1 Å². The average Bonchev–Trinajstić information content (AvgIpc) is 2.99. The molecule has 0 bridgehead atoms. The SMILES string of the molecule is CC[C@@H]1[C@H]2OC(C)(C)O[C@H]2C(C2=CC(C)=C(N)CC2=O)N1C(=O)OC(C)(C)C. The number of rotatable bonds is 2. The Morgan fingerprint density at radius 1 is 1.32 bits per heavy atom. The van der Waals surface area contributed by atoms with Crippen molar-refractivity contribution in [1.29, 1.82) is 0 Å². The first-order valence-electron chi connectivity index (χ1n) is 9.91.